The van der Waals surface area contributed by atoms with Gasteiger partial charge >= 0.3 is 0 Å². The number of nitrogens with one attached hydrogen (secondary N) is 1. The Morgan fingerprint density at radius 3 is 2.79 bits per heavy atom. The Labute approximate surface area is 84.4 Å². The summed E-state index contributed by atoms with van der Waals surface area (Å²) in [6, 6.07) is 0. The molecule has 0 aliphatic rings. The molecule has 0 spiro atoms. The van der Waals surface area contributed by atoms with E-state index in [2.05, 4.69) is 15.3 Å². The van der Waals surface area contributed by atoms with Gasteiger partial charge in [-0.3, -0.25) is 9.97 Å². The van der Waals surface area contributed by atoms with Crippen LogP contribution < -0.4 is 5.32 Å². The zero-order valence-electron chi connectivity index (χ0n) is 8.70. The zero-order chi connectivity index (χ0) is 10.4. The molecule has 0 radical (unpaired) electrons. The Balaban J connectivity index is 2.29. The standard InChI is InChI=1S/C10H17N3O/c1-10(2,8-14)7-12-6-9-5-11-3-4-13-9/h3-5,12,14H,6-8H2,1-2H3. The van der Waals surface area contributed by atoms with E-state index < -0.39 is 0 Å². The van der Waals surface area contributed by atoms with Crippen LogP contribution in [0.4, 0.5) is 0 Å². The van der Waals surface area contributed by atoms with E-state index in [0.29, 0.717) is 6.54 Å². The van der Waals surface area contributed by atoms with Gasteiger partial charge in [0.2, 0.25) is 0 Å². The smallest absolute Gasteiger partial charge is 0.0724 e. The Morgan fingerprint density at radius 2 is 2.21 bits per heavy atom. The van der Waals surface area contributed by atoms with Gasteiger partial charge in [0.1, 0.15) is 0 Å². The van der Waals surface area contributed by atoms with Crippen molar-refractivity contribution in [1.82, 2.24) is 15.3 Å². The first kappa shape index (κ1) is 11.1. The van der Waals surface area contributed by atoms with Crippen LogP contribution in [0, 0.1) is 5.41 Å². The molecule has 1 aromatic heterocycles. The molecule has 0 bridgehead atoms. The van der Waals surface area contributed by atoms with Gasteiger partial charge < -0.3 is 10.4 Å². The fourth-order valence-electron chi connectivity index (χ4n) is 1.01. The van der Waals surface area contributed by atoms with Gasteiger partial charge in [-0.05, 0) is 0 Å². The average molecular weight is 195 g/mol. The molecule has 78 valence electrons. The molecule has 1 heterocycles. The monoisotopic (exact) mass is 195 g/mol. The molecule has 4 nitrogen and oxygen atoms in total. The summed E-state index contributed by atoms with van der Waals surface area (Å²) in [5, 5.41) is 12.3. The summed E-state index contributed by atoms with van der Waals surface area (Å²) >= 11 is 0. The third-order valence-corrected chi connectivity index (χ3v) is 1.95. The SMILES string of the molecule is CC(C)(CO)CNCc1cnccn1. The highest BCUT2D eigenvalue weighted by molar-refractivity contribution is 4.93. The molecule has 0 atom stereocenters. The van der Waals surface area contributed by atoms with Crippen LogP contribution in [0.1, 0.15) is 19.5 Å². The van der Waals surface area contributed by atoms with Crippen LogP contribution in [0.3, 0.4) is 0 Å². The van der Waals surface area contributed by atoms with Crippen molar-refractivity contribution in [2.75, 3.05) is 13.2 Å². The van der Waals surface area contributed by atoms with Gasteiger partial charge in [0.15, 0.2) is 0 Å². The molecule has 0 amide bonds. The first-order chi connectivity index (χ1) is 6.64. The van der Waals surface area contributed by atoms with Crippen LogP contribution >= 0.6 is 0 Å². The van der Waals surface area contributed by atoms with Crippen molar-refractivity contribution in [1.29, 1.82) is 0 Å². The van der Waals surface area contributed by atoms with Crippen molar-refractivity contribution in [3.63, 3.8) is 0 Å². The lowest BCUT2D eigenvalue weighted by Crippen LogP contribution is -2.32. The van der Waals surface area contributed by atoms with Crippen LogP contribution in [-0.4, -0.2) is 28.2 Å². The van der Waals surface area contributed by atoms with Gasteiger partial charge in [-0.1, -0.05) is 13.8 Å². The van der Waals surface area contributed by atoms with Crippen LogP contribution in [0.25, 0.3) is 0 Å². The van der Waals surface area contributed by atoms with Crippen molar-refractivity contribution in [3.8, 4) is 0 Å². The number of hydrogen-bond acceptors (Lipinski definition) is 4. The molecule has 0 aliphatic heterocycles. The number of aliphatic hydroxyl groups is 1. The fourth-order valence-corrected chi connectivity index (χ4v) is 1.01. The summed E-state index contributed by atoms with van der Waals surface area (Å²) in [6.07, 6.45) is 5.06. The Kier molecular flexibility index (Phi) is 3.98. The highest BCUT2D eigenvalue weighted by Gasteiger charge is 2.15. The molecular formula is C10H17N3O. The molecule has 1 rings (SSSR count). The number of aliphatic hydroxyl groups excluding tert-OH is 1. The Hall–Kier alpha value is -1.00. The topological polar surface area (TPSA) is 58.0 Å². The number of nitrogens with zero attached hydrogens (tertiary/aromatic N) is 2. The average Bonchev–Trinajstić information content (AvgIpc) is 2.19. The molecule has 14 heavy (non-hydrogen) atoms. The Bertz CT molecular complexity index is 261. The second-order valence-corrected chi connectivity index (χ2v) is 4.12. The molecule has 1 aromatic rings. The molecule has 0 aliphatic carbocycles. The first-order valence-corrected chi connectivity index (χ1v) is 4.70. The van der Waals surface area contributed by atoms with E-state index in [-0.39, 0.29) is 12.0 Å². The molecular weight excluding hydrogens is 178 g/mol. The minimum Gasteiger partial charge on any atom is -0.396 e. The van der Waals surface area contributed by atoms with E-state index in [4.69, 9.17) is 5.11 Å². The van der Waals surface area contributed by atoms with Crippen molar-refractivity contribution in [2.24, 2.45) is 5.41 Å². The number of hydrogen-bond donors (Lipinski definition) is 2. The second-order valence-electron chi connectivity index (χ2n) is 4.12. The van der Waals surface area contributed by atoms with Gasteiger partial charge in [0.05, 0.1) is 5.69 Å². The van der Waals surface area contributed by atoms with E-state index in [1.807, 2.05) is 13.8 Å². The predicted molar refractivity (Wildman–Crippen MR) is 54.6 cm³/mol. The van der Waals surface area contributed by atoms with Crippen LogP contribution in [0.5, 0.6) is 0 Å². The van der Waals surface area contributed by atoms with Gasteiger partial charge in [-0.15, -0.1) is 0 Å². The summed E-state index contributed by atoms with van der Waals surface area (Å²) < 4.78 is 0. The Morgan fingerprint density at radius 1 is 1.43 bits per heavy atom. The molecule has 0 unspecified atom stereocenters. The largest absolute Gasteiger partial charge is 0.396 e. The van der Waals surface area contributed by atoms with Crippen LogP contribution in [-0.2, 0) is 6.54 Å². The molecule has 2 N–H and O–H groups in total. The van der Waals surface area contributed by atoms with Crippen LogP contribution in [0.2, 0.25) is 0 Å². The minimum atomic E-state index is -0.0811. The maximum absolute atomic E-state index is 9.02. The number of rotatable bonds is 5. The zero-order valence-corrected chi connectivity index (χ0v) is 8.70. The maximum atomic E-state index is 9.02. The van der Waals surface area contributed by atoms with Crippen molar-refractivity contribution < 1.29 is 5.11 Å². The van der Waals surface area contributed by atoms with Gasteiger partial charge in [0, 0.05) is 43.7 Å². The van der Waals surface area contributed by atoms with Crippen LogP contribution in [0.15, 0.2) is 18.6 Å². The first-order valence-electron chi connectivity index (χ1n) is 4.70. The summed E-state index contributed by atoms with van der Waals surface area (Å²) in [5.74, 6) is 0. The summed E-state index contributed by atoms with van der Waals surface area (Å²) in [6.45, 7) is 5.66. The lowest BCUT2D eigenvalue weighted by molar-refractivity contribution is 0.156. The normalized spacial score (nSPS) is 11.6. The lowest BCUT2D eigenvalue weighted by Gasteiger charge is -2.21. The molecule has 0 saturated carbocycles. The highest BCUT2D eigenvalue weighted by atomic mass is 16.3. The third-order valence-electron chi connectivity index (χ3n) is 1.95. The predicted octanol–water partition coefficient (Wildman–Crippen LogP) is 0.585. The van der Waals surface area contributed by atoms with E-state index in [1.54, 1.807) is 18.6 Å². The van der Waals surface area contributed by atoms with Crippen molar-refractivity contribution in [3.05, 3.63) is 24.3 Å². The van der Waals surface area contributed by atoms with Gasteiger partial charge in [0.25, 0.3) is 0 Å². The van der Waals surface area contributed by atoms with Gasteiger partial charge in [-0.2, -0.15) is 0 Å². The van der Waals surface area contributed by atoms with Crippen molar-refractivity contribution in [2.45, 2.75) is 20.4 Å². The molecule has 0 saturated heterocycles. The lowest BCUT2D eigenvalue weighted by atomic mass is 9.95. The molecule has 0 aromatic carbocycles. The minimum absolute atomic E-state index is 0.0811. The quantitative estimate of drug-likeness (QED) is 0.721. The van der Waals surface area contributed by atoms with E-state index in [9.17, 15) is 0 Å². The fraction of sp³-hybridized carbons (Fsp3) is 0.600. The summed E-state index contributed by atoms with van der Waals surface area (Å²) in [5.41, 5.74) is 0.837. The summed E-state index contributed by atoms with van der Waals surface area (Å²) in [7, 11) is 0. The maximum Gasteiger partial charge on any atom is 0.0724 e. The van der Waals surface area contributed by atoms with Crippen molar-refractivity contribution >= 4 is 0 Å². The van der Waals surface area contributed by atoms with Gasteiger partial charge in [-0.25, -0.2) is 0 Å². The summed E-state index contributed by atoms with van der Waals surface area (Å²) in [4.78, 5) is 8.10. The van der Waals surface area contributed by atoms with E-state index in [0.717, 1.165) is 12.2 Å². The molecule has 0 fully saturated rings. The highest BCUT2D eigenvalue weighted by Crippen LogP contribution is 2.11. The third kappa shape index (κ3) is 3.81. The molecule has 4 heteroatoms. The van der Waals surface area contributed by atoms with E-state index in [1.165, 1.54) is 0 Å². The van der Waals surface area contributed by atoms with E-state index >= 15 is 0 Å². The second kappa shape index (κ2) is 5.02. The number of aromatic nitrogens is 2.